The maximum absolute atomic E-state index is 12.9. The smallest absolute Gasteiger partial charge is 0.247 e. The molecule has 0 atom stereocenters. The summed E-state index contributed by atoms with van der Waals surface area (Å²) in [6, 6.07) is 18.6. The average Bonchev–Trinajstić information content (AvgIpc) is 3.30. The van der Waals surface area contributed by atoms with Gasteiger partial charge in [0.1, 0.15) is 5.52 Å². The van der Waals surface area contributed by atoms with Crippen molar-refractivity contribution < 1.29 is 0 Å². The Morgan fingerprint density at radius 3 is 2.50 bits per heavy atom. The van der Waals surface area contributed by atoms with E-state index in [1.807, 2.05) is 31.2 Å². The molecule has 5 rings (SSSR count). The highest BCUT2D eigenvalue weighted by Gasteiger charge is 2.14. The molecule has 0 aliphatic carbocycles. The molecule has 6 heteroatoms. The van der Waals surface area contributed by atoms with Crippen LogP contribution in [0.15, 0.2) is 71.8 Å². The van der Waals surface area contributed by atoms with Crippen molar-refractivity contribution in [1.29, 1.82) is 0 Å². The molecule has 0 unspecified atom stereocenters. The summed E-state index contributed by atoms with van der Waals surface area (Å²) in [6.07, 6.45) is 3.53. The number of aryl methyl sites for hydroxylation is 1. The summed E-state index contributed by atoms with van der Waals surface area (Å²) in [5.41, 5.74) is 6.67. The molecule has 0 amide bonds. The fraction of sp³-hybridized carbons (Fsp3) is 0.208. The largest absolute Gasteiger partial charge is 0.350 e. The Hall–Kier alpha value is -3.67. The second kappa shape index (κ2) is 6.99. The van der Waals surface area contributed by atoms with Crippen molar-refractivity contribution in [2.75, 3.05) is 0 Å². The molecule has 30 heavy (non-hydrogen) atoms. The Morgan fingerprint density at radius 2 is 1.77 bits per heavy atom. The van der Waals surface area contributed by atoms with Gasteiger partial charge in [0.25, 0.3) is 0 Å². The van der Waals surface area contributed by atoms with Crippen molar-refractivity contribution in [1.82, 2.24) is 23.8 Å². The lowest BCUT2D eigenvalue weighted by molar-refractivity contribution is 0.658. The third kappa shape index (κ3) is 3.10. The molecule has 0 aliphatic heterocycles. The molecule has 3 aromatic heterocycles. The number of aromatic nitrogens is 5. The van der Waals surface area contributed by atoms with Crippen LogP contribution in [0.25, 0.3) is 22.4 Å². The van der Waals surface area contributed by atoms with Crippen LogP contribution in [-0.2, 0) is 6.54 Å². The summed E-state index contributed by atoms with van der Waals surface area (Å²) >= 11 is 0. The molecule has 6 nitrogen and oxygen atoms in total. The van der Waals surface area contributed by atoms with Crippen molar-refractivity contribution in [2.45, 2.75) is 33.2 Å². The maximum Gasteiger partial charge on any atom is 0.350 e. The van der Waals surface area contributed by atoms with Gasteiger partial charge < -0.3 is 0 Å². The lowest BCUT2D eigenvalue weighted by Crippen LogP contribution is -2.21. The maximum atomic E-state index is 12.9. The van der Waals surface area contributed by atoms with Gasteiger partial charge in [0.2, 0.25) is 0 Å². The van der Waals surface area contributed by atoms with Crippen molar-refractivity contribution in [3.05, 3.63) is 94.2 Å². The number of hydrogen-bond donors (Lipinski definition) is 0. The van der Waals surface area contributed by atoms with E-state index in [9.17, 15) is 4.79 Å². The molecule has 0 saturated heterocycles. The van der Waals surface area contributed by atoms with Crippen LogP contribution in [0.3, 0.4) is 0 Å². The van der Waals surface area contributed by atoms with E-state index in [0.717, 1.165) is 27.9 Å². The Balaban J connectivity index is 1.58. The highest BCUT2D eigenvalue weighted by molar-refractivity contribution is 5.76. The predicted octanol–water partition coefficient (Wildman–Crippen LogP) is 4.29. The van der Waals surface area contributed by atoms with Gasteiger partial charge in [-0.05, 0) is 30.0 Å². The zero-order chi connectivity index (χ0) is 20.8. The molecule has 2 aromatic carbocycles. The summed E-state index contributed by atoms with van der Waals surface area (Å²) in [7, 11) is 0. The van der Waals surface area contributed by atoms with Crippen LogP contribution < -0.4 is 5.69 Å². The SMILES string of the molecule is Cc1cccc(Cn2nc3c4cc(-c5ccc(C(C)C)cc5)nn4ccn3c2=O)c1. The number of fused-ring (bicyclic) bond motifs is 3. The van der Waals surface area contributed by atoms with Gasteiger partial charge in [-0.3, -0.25) is 0 Å². The molecule has 150 valence electrons. The molecular weight excluding hydrogens is 374 g/mol. The zero-order valence-electron chi connectivity index (χ0n) is 17.3. The summed E-state index contributed by atoms with van der Waals surface area (Å²) in [4.78, 5) is 12.9. The molecule has 0 radical (unpaired) electrons. The third-order valence-electron chi connectivity index (χ3n) is 5.48. The van der Waals surface area contributed by atoms with E-state index < -0.39 is 0 Å². The normalized spacial score (nSPS) is 11.7. The van der Waals surface area contributed by atoms with E-state index in [1.54, 1.807) is 21.3 Å². The lowest BCUT2D eigenvalue weighted by atomic mass is 10.0. The Labute approximate surface area is 174 Å². The Morgan fingerprint density at radius 1 is 0.967 bits per heavy atom. The summed E-state index contributed by atoms with van der Waals surface area (Å²) in [5, 5.41) is 9.31. The van der Waals surface area contributed by atoms with Crippen molar-refractivity contribution in [3.8, 4) is 11.3 Å². The summed E-state index contributed by atoms with van der Waals surface area (Å²) in [5.74, 6) is 0.490. The molecule has 5 aromatic rings. The minimum Gasteiger partial charge on any atom is -0.247 e. The van der Waals surface area contributed by atoms with Crippen LogP contribution in [0.1, 0.15) is 36.5 Å². The fourth-order valence-corrected chi connectivity index (χ4v) is 3.80. The van der Waals surface area contributed by atoms with Crippen LogP contribution >= 0.6 is 0 Å². The monoisotopic (exact) mass is 397 g/mol. The molecule has 3 heterocycles. The quantitative estimate of drug-likeness (QED) is 0.455. The van der Waals surface area contributed by atoms with Gasteiger partial charge in [0.05, 0.1) is 12.2 Å². The highest BCUT2D eigenvalue weighted by Crippen LogP contribution is 2.24. The van der Waals surface area contributed by atoms with Gasteiger partial charge in [0, 0.05) is 18.0 Å². The number of nitrogens with zero attached hydrogens (tertiary/aromatic N) is 5. The van der Waals surface area contributed by atoms with Crippen LogP contribution in [0.5, 0.6) is 0 Å². The first-order valence-corrected chi connectivity index (χ1v) is 10.1. The number of benzene rings is 2. The number of hydrogen-bond acceptors (Lipinski definition) is 3. The van der Waals surface area contributed by atoms with Gasteiger partial charge in [-0.25, -0.2) is 18.4 Å². The average molecular weight is 397 g/mol. The molecule has 0 saturated carbocycles. The first-order chi connectivity index (χ1) is 14.5. The minimum absolute atomic E-state index is 0.155. The summed E-state index contributed by atoms with van der Waals surface area (Å²) < 4.78 is 4.87. The van der Waals surface area contributed by atoms with E-state index in [1.165, 1.54) is 10.2 Å². The second-order valence-electron chi connectivity index (χ2n) is 8.06. The van der Waals surface area contributed by atoms with Gasteiger partial charge in [-0.1, -0.05) is 67.9 Å². The van der Waals surface area contributed by atoms with Crippen LogP contribution in [0.2, 0.25) is 0 Å². The highest BCUT2D eigenvalue weighted by atomic mass is 16.2. The van der Waals surface area contributed by atoms with Gasteiger partial charge >= 0.3 is 5.69 Å². The summed E-state index contributed by atoms with van der Waals surface area (Å²) in [6.45, 7) is 6.84. The van der Waals surface area contributed by atoms with Gasteiger partial charge in [0.15, 0.2) is 5.65 Å². The molecular formula is C24H23N5O. The standard InChI is InChI=1S/C24H23N5O/c1-16(2)19-7-9-20(10-8-19)21-14-22-23-26-29(15-18-6-4-5-17(3)13-18)24(30)27(23)11-12-28(22)25-21/h4-14,16H,15H2,1-3H3. The number of rotatable bonds is 4. The molecule has 0 bridgehead atoms. The van der Waals surface area contributed by atoms with Crippen molar-refractivity contribution >= 4 is 11.2 Å². The van der Waals surface area contributed by atoms with Crippen LogP contribution in [-0.4, -0.2) is 23.8 Å². The molecule has 0 N–H and O–H groups in total. The third-order valence-corrected chi connectivity index (χ3v) is 5.48. The molecule has 0 aliphatic rings. The predicted molar refractivity (Wildman–Crippen MR) is 118 cm³/mol. The van der Waals surface area contributed by atoms with Crippen LogP contribution in [0, 0.1) is 6.92 Å². The first kappa shape index (κ1) is 18.4. The Kier molecular flexibility index (Phi) is 4.28. The molecule has 0 fully saturated rings. The Bertz CT molecular complexity index is 1420. The van der Waals surface area contributed by atoms with Gasteiger partial charge in [-0.15, -0.1) is 5.10 Å². The van der Waals surface area contributed by atoms with E-state index >= 15 is 0 Å². The molecule has 0 spiro atoms. The lowest BCUT2D eigenvalue weighted by Gasteiger charge is -2.05. The van der Waals surface area contributed by atoms with Gasteiger partial charge in [-0.2, -0.15) is 5.10 Å². The van der Waals surface area contributed by atoms with E-state index in [4.69, 9.17) is 5.10 Å². The first-order valence-electron chi connectivity index (χ1n) is 10.1. The van der Waals surface area contributed by atoms with E-state index in [0.29, 0.717) is 18.1 Å². The zero-order valence-corrected chi connectivity index (χ0v) is 17.3. The van der Waals surface area contributed by atoms with Crippen molar-refractivity contribution in [3.63, 3.8) is 0 Å². The second-order valence-corrected chi connectivity index (χ2v) is 8.06. The van der Waals surface area contributed by atoms with Crippen LogP contribution in [0.4, 0.5) is 0 Å². The fourth-order valence-electron chi connectivity index (χ4n) is 3.80. The minimum atomic E-state index is -0.155. The topological polar surface area (TPSA) is 56.6 Å². The van der Waals surface area contributed by atoms with E-state index in [2.05, 4.69) is 49.3 Å². The van der Waals surface area contributed by atoms with E-state index in [-0.39, 0.29) is 5.69 Å². The van der Waals surface area contributed by atoms with Crippen molar-refractivity contribution in [2.24, 2.45) is 0 Å².